The molecule has 7 nitrogen and oxygen atoms in total. The van der Waals surface area contributed by atoms with Crippen molar-refractivity contribution in [1.82, 2.24) is 0 Å². The number of carbonyl (C=O) groups is 3. The monoisotopic (exact) mass is 622 g/mol. The summed E-state index contributed by atoms with van der Waals surface area (Å²) in [4.78, 5) is 37.0. The fraction of sp³-hybridized carbons (Fsp3) is 0.308. The molecule has 0 heterocycles. The number of ether oxygens (including phenoxy) is 4. The van der Waals surface area contributed by atoms with Gasteiger partial charge in [0, 0.05) is 18.4 Å². The molecular formula is C39H42O7. The van der Waals surface area contributed by atoms with E-state index in [-0.39, 0.29) is 11.9 Å². The van der Waals surface area contributed by atoms with Crippen molar-refractivity contribution < 1.29 is 33.3 Å². The third-order valence-corrected chi connectivity index (χ3v) is 8.04. The number of rotatable bonds is 15. The molecule has 0 fully saturated rings. The average Bonchev–Trinajstić information content (AvgIpc) is 3.06. The molecule has 0 bridgehead atoms. The van der Waals surface area contributed by atoms with Crippen LogP contribution < -0.4 is 18.9 Å². The van der Waals surface area contributed by atoms with Crippen LogP contribution in [0.3, 0.4) is 0 Å². The Morgan fingerprint density at radius 1 is 0.565 bits per heavy atom. The van der Waals surface area contributed by atoms with Crippen molar-refractivity contribution in [1.29, 1.82) is 0 Å². The summed E-state index contributed by atoms with van der Waals surface area (Å²) in [6.07, 6.45) is 4.40. The van der Waals surface area contributed by atoms with Gasteiger partial charge in [-0.25, -0.2) is 4.79 Å². The van der Waals surface area contributed by atoms with E-state index in [0.717, 1.165) is 42.0 Å². The van der Waals surface area contributed by atoms with Gasteiger partial charge in [-0.05, 0) is 108 Å². The number of carbonyl (C=O) groups excluding carboxylic acids is 3. The molecule has 4 aromatic carbocycles. The van der Waals surface area contributed by atoms with E-state index in [0.29, 0.717) is 59.0 Å². The maximum atomic E-state index is 12.8. The second-order valence-electron chi connectivity index (χ2n) is 11.7. The molecule has 0 saturated heterocycles. The van der Waals surface area contributed by atoms with Gasteiger partial charge in [0.05, 0.1) is 5.56 Å². The first-order valence-corrected chi connectivity index (χ1v) is 15.9. The maximum absolute atomic E-state index is 12.8. The predicted octanol–water partition coefficient (Wildman–Crippen LogP) is 9.57. The average molecular weight is 623 g/mol. The van der Waals surface area contributed by atoms with E-state index in [9.17, 15) is 14.4 Å². The lowest BCUT2D eigenvalue weighted by atomic mass is 10.0. The van der Waals surface area contributed by atoms with Crippen LogP contribution >= 0.6 is 0 Å². The molecule has 0 aliphatic heterocycles. The Bertz CT molecular complexity index is 1530. The second-order valence-corrected chi connectivity index (χ2v) is 11.7. The second kappa shape index (κ2) is 16.4. The smallest absolute Gasteiger partial charge is 0.343 e. The number of hydrogen-bond acceptors (Lipinski definition) is 7. The van der Waals surface area contributed by atoms with Gasteiger partial charge in [0.15, 0.2) is 0 Å². The molecule has 2 atom stereocenters. The molecule has 46 heavy (non-hydrogen) atoms. The van der Waals surface area contributed by atoms with E-state index in [1.807, 2.05) is 24.3 Å². The first-order chi connectivity index (χ1) is 22.1. The van der Waals surface area contributed by atoms with Crippen LogP contribution in [0.15, 0.2) is 91.5 Å². The highest BCUT2D eigenvalue weighted by Crippen LogP contribution is 2.29. The maximum Gasteiger partial charge on any atom is 0.343 e. The Balaban J connectivity index is 1.30. The van der Waals surface area contributed by atoms with Crippen LogP contribution in [-0.4, -0.2) is 17.9 Å². The lowest BCUT2D eigenvalue weighted by Crippen LogP contribution is -2.11. The molecule has 7 heteroatoms. The van der Waals surface area contributed by atoms with Crippen LogP contribution in [0.1, 0.15) is 82.1 Å². The molecule has 0 radical (unpaired) electrons. The summed E-state index contributed by atoms with van der Waals surface area (Å²) in [7, 11) is 0. The van der Waals surface area contributed by atoms with Crippen LogP contribution in [0.25, 0.3) is 16.5 Å². The Kier molecular flexibility index (Phi) is 12.1. The van der Waals surface area contributed by atoms with Crippen molar-refractivity contribution in [3.63, 3.8) is 0 Å². The van der Waals surface area contributed by atoms with E-state index < -0.39 is 5.97 Å². The van der Waals surface area contributed by atoms with Crippen molar-refractivity contribution in [2.24, 2.45) is 11.8 Å². The van der Waals surface area contributed by atoms with Crippen molar-refractivity contribution in [3.05, 3.63) is 103 Å². The van der Waals surface area contributed by atoms with Gasteiger partial charge in [-0.15, -0.1) is 0 Å². The van der Waals surface area contributed by atoms with Gasteiger partial charge in [-0.3, -0.25) is 9.59 Å². The summed E-state index contributed by atoms with van der Waals surface area (Å²) in [5.74, 6) is 2.24. The van der Waals surface area contributed by atoms with E-state index in [2.05, 4.69) is 34.3 Å². The van der Waals surface area contributed by atoms with Crippen molar-refractivity contribution in [2.75, 3.05) is 0 Å². The molecular weight excluding hydrogens is 580 g/mol. The number of fused-ring (bicyclic) bond motifs is 1. The van der Waals surface area contributed by atoms with Crippen molar-refractivity contribution in [2.45, 2.75) is 66.2 Å². The minimum atomic E-state index is -0.517. The van der Waals surface area contributed by atoms with Crippen LogP contribution in [0.5, 0.6) is 23.0 Å². The Morgan fingerprint density at radius 3 is 1.43 bits per heavy atom. The molecule has 0 saturated carbocycles. The van der Waals surface area contributed by atoms with Gasteiger partial charge in [-0.2, -0.15) is 0 Å². The van der Waals surface area contributed by atoms with Crippen LogP contribution in [0.2, 0.25) is 0 Å². The standard InChI is InChI=1S/C39H42O7/c1-6-26(3)8-22-37(40)44-33-16-10-29(11-17-33)28(5)43-35-20-14-32-25-36(21-15-31(32)24-35)46-39(42)30-12-18-34(19-13-30)45-38(41)23-9-27(4)7-2/h10-21,24-27H,5-9,22-23H2,1-4H3. The molecule has 0 aliphatic carbocycles. The number of hydrogen-bond donors (Lipinski definition) is 0. The summed E-state index contributed by atoms with van der Waals surface area (Å²) in [5, 5.41) is 1.76. The predicted molar refractivity (Wildman–Crippen MR) is 180 cm³/mol. The fourth-order valence-electron chi connectivity index (χ4n) is 4.57. The third kappa shape index (κ3) is 10.1. The molecule has 0 N–H and O–H groups in total. The van der Waals surface area contributed by atoms with Crippen LogP contribution in [0, 0.1) is 11.8 Å². The zero-order chi connectivity index (χ0) is 33.1. The summed E-state index contributed by atoms with van der Waals surface area (Å²) < 4.78 is 22.4. The highest BCUT2D eigenvalue weighted by Gasteiger charge is 2.13. The Labute approximate surface area is 271 Å². The molecule has 0 spiro atoms. The van der Waals surface area contributed by atoms with Gasteiger partial charge in [-0.1, -0.05) is 59.2 Å². The van der Waals surface area contributed by atoms with E-state index in [4.69, 9.17) is 18.9 Å². The zero-order valence-electron chi connectivity index (χ0n) is 27.0. The summed E-state index contributed by atoms with van der Waals surface area (Å²) >= 11 is 0. The molecule has 4 aromatic rings. The summed E-state index contributed by atoms with van der Waals surface area (Å²) in [6, 6.07) is 24.3. The highest BCUT2D eigenvalue weighted by atomic mass is 16.5. The van der Waals surface area contributed by atoms with Crippen LogP contribution in [0.4, 0.5) is 0 Å². The highest BCUT2D eigenvalue weighted by molar-refractivity contribution is 5.92. The molecule has 4 rings (SSSR count). The lowest BCUT2D eigenvalue weighted by Gasteiger charge is -2.12. The van der Waals surface area contributed by atoms with Crippen molar-refractivity contribution in [3.8, 4) is 23.0 Å². The van der Waals surface area contributed by atoms with Gasteiger partial charge in [0.2, 0.25) is 0 Å². The minimum Gasteiger partial charge on any atom is -0.457 e. The molecule has 240 valence electrons. The minimum absolute atomic E-state index is 0.238. The fourth-order valence-corrected chi connectivity index (χ4v) is 4.57. The normalized spacial score (nSPS) is 12.2. The molecule has 0 aliphatic rings. The van der Waals surface area contributed by atoms with Crippen LogP contribution in [-0.2, 0) is 9.59 Å². The summed E-state index contributed by atoms with van der Waals surface area (Å²) in [5.41, 5.74) is 1.10. The number of esters is 3. The molecule has 0 aromatic heterocycles. The number of benzene rings is 4. The van der Waals surface area contributed by atoms with Crippen molar-refractivity contribution >= 4 is 34.4 Å². The van der Waals surface area contributed by atoms with Gasteiger partial charge in [0.25, 0.3) is 0 Å². The van der Waals surface area contributed by atoms with Gasteiger partial charge in [0.1, 0.15) is 28.8 Å². The topological polar surface area (TPSA) is 88.1 Å². The van der Waals surface area contributed by atoms with E-state index in [1.54, 1.807) is 60.7 Å². The third-order valence-electron chi connectivity index (χ3n) is 8.04. The first kappa shape index (κ1) is 34.0. The Morgan fingerprint density at radius 2 is 0.978 bits per heavy atom. The molecule has 2 unspecified atom stereocenters. The quantitative estimate of drug-likeness (QED) is 0.0741. The van der Waals surface area contributed by atoms with Gasteiger partial charge >= 0.3 is 17.9 Å². The lowest BCUT2D eigenvalue weighted by molar-refractivity contribution is -0.135. The zero-order valence-corrected chi connectivity index (χ0v) is 27.0. The Hall–Kier alpha value is -4.91. The van der Waals surface area contributed by atoms with Gasteiger partial charge < -0.3 is 18.9 Å². The largest absolute Gasteiger partial charge is 0.457 e. The molecule has 0 amide bonds. The summed E-state index contributed by atoms with van der Waals surface area (Å²) in [6.45, 7) is 12.5. The SMILES string of the molecule is C=C(Oc1ccc2cc(OC(=O)c3ccc(OC(=O)CCC(C)CC)cc3)ccc2c1)c1ccc(OC(=O)CCC(C)CC)cc1. The first-order valence-electron chi connectivity index (χ1n) is 15.9. The van der Waals surface area contributed by atoms with E-state index >= 15 is 0 Å². The van der Waals surface area contributed by atoms with E-state index in [1.165, 1.54) is 0 Å².